The van der Waals surface area contributed by atoms with Gasteiger partial charge in [0.1, 0.15) is 11.9 Å². The van der Waals surface area contributed by atoms with E-state index < -0.39 is 17.3 Å². The van der Waals surface area contributed by atoms with Gasteiger partial charge in [-0.3, -0.25) is 4.79 Å². The second kappa shape index (κ2) is 9.74. The summed E-state index contributed by atoms with van der Waals surface area (Å²) in [4.78, 5) is 24.3. The number of halogens is 3. The number of carbonyl (C=O) groups is 1. The van der Waals surface area contributed by atoms with Gasteiger partial charge in [0.25, 0.3) is 5.88 Å². The van der Waals surface area contributed by atoms with Crippen LogP contribution in [-0.4, -0.2) is 39.9 Å². The fourth-order valence-corrected chi connectivity index (χ4v) is 5.93. The third-order valence-corrected chi connectivity index (χ3v) is 8.15. The largest absolute Gasteiger partial charge is 0.467 e. The number of hydrogen-bond acceptors (Lipinski definition) is 6. The van der Waals surface area contributed by atoms with Crippen molar-refractivity contribution in [2.45, 2.75) is 51.2 Å². The predicted octanol–water partition coefficient (Wildman–Crippen LogP) is 6.01. The molecule has 1 atom stereocenters. The molecular weight excluding hydrogens is 516 g/mol. The van der Waals surface area contributed by atoms with Gasteiger partial charge in [-0.25, -0.2) is 14.4 Å². The van der Waals surface area contributed by atoms with E-state index in [4.69, 9.17) is 33.7 Å². The van der Waals surface area contributed by atoms with E-state index >= 15 is 0 Å². The normalized spacial score (nSPS) is 17.6. The molecule has 2 aliphatic heterocycles. The van der Waals surface area contributed by atoms with Crippen LogP contribution < -0.4 is 15.8 Å². The van der Waals surface area contributed by atoms with Gasteiger partial charge < -0.3 is 20.7 Å². The molecule has 0 saturated carbocycles. The molecule has 1 amide bonds. The highest BCUT2D eigenvalue weighted by atomic mass is 35.5. The number of carbonyl (C=O) groups excluding carboxylic acids is 1. The van der Waals surface area contributed by atoms with Crippen molar-refractivity contribution in [3.63, 3.8) is 0 Å². The van der Waals surface area contributed by atoms with Crippen molar-refractivity contribution in [1.29, 1.82) is 0 Å². The van der Waals surface area contributed by atoms with Crippen LogP contribution >= 0.6 is 23.2 Å². The maximum atomic E-state index is 14.0. The third kappa shape index (κ3) is 4.51. The SMILES string of the molecule is CC(C)N1CCC2(CC1)C(=O)Nc1cc(-c3cnc(N)c(O[C@H](C)c4c(Cl)ccc(F)c4Cl)n3)ccc12. The third-order valence-electron chi connectivity index (χ3n) is 7.44. The van der Waals surface area contributed by atoms with Crippen molar-refractivity contribution < 1.29 is 13.9 Å². The molecule has 3 heterocycles. The van der Waals surface area contributed by atoms with E-state index in [9.17, 15) is 9.18 Å². The van der Waals surface area contributed by atoms with Gasteiger partial charge in [0.2, 0.25) is 5.91 Å². The smallest absolute Gasteiger partial charge is 0.258 e. The van der Waals surface area contributed by atoms with E-state index in [1.807, 2.05) is 18.2 Å². The van der Waals surface area contributed by atoms with Crippen molar-refractivity contribution in [2.24, 2.45) is 0 Å². The van der Waals surface area contributed by atoms with Crippen LogP contribution in [0.1, 0.15) is 50.8 Å². The Morgan fingerprint density at radius 3 is 2.59 bits per heavy atom. The molecule has 3 aromatic rings. The number of likely N-dealkylation sites (tertiary alicyclic amines) is 1. The topological polar surface area (TPSA) is 93.4 Å². The summed E-state index contributed by atoms with van der Waals surface area (Å²) in [5, 5.41) is 3.23. The number of rotatable bonds is 5. The van der Waals surface area contributed by atoms with E-state index in [0.29, 0.717) is 17.3 Å². The highest BCUT2D eigenvalue weighted by Crippen LogP contribution is 2.46. The molecule has 0 bridgehead atoms. The Balaban J connectivity index is 1.42. The number of ether oxygens (including phenoxy) is 1. The van der Waals surface area contributed by atoms with Gasteiger partial charge in [0.15, 0.2) is 5.82 Å². The van der Waals surface area contributed by atoms with E-state index in [1.54, 1.807) is 13.1 Å². The van der Waals surface area contributed by atoms with E-state index in [0.717, 1.165) is 42.7 Å². The molecular formula is C27H28Cl2FN5O2. The molecule has 2 aromatic carbocycles. The summed E-state index contributed by atoms with van der Waals surface area (Å²) in [6.45, 7) is 7.80. The Morgan fingerprint density at radius 1 is 1.16 bits per heavy atom. The zero-order valence-corrected chi connectivity index (χ0v) is 22.3. The lowest BCUT2D eigenvalue weighted by Crippen LogP contribution is -2.48. The Morgan fingerprint density at radius 2 is 1.89 bits per heavy atom. The lowest BCUT2D eigenvalue weighted by molar-refractivity contribution is -0.122. The van der Waals surface area contributed by atoms with Crippen LogP contribution in [0.15, 0.2) is 36.5 Å². The Hall–Kier alpha value is -2.94. The Bertz CT molecular complexity index is 1380. The van der Waals surface area contributed by atoms with Crippen molar-refractivity contribution in [3.8, 4) is 17.1 Å². The minimum absolute atomic E-state index is 0.0492. The maximum Gasteiger partial charge on any atom is 0.258 e. The van der Waals surface area contributed by atoms with Crippen molar-refractivity contribution in [2.75, 3.05) is 24.1 Å². The van der Waals surface area contributed by atoms with Crippen LogP contribution in [0.5, 0.6) is 5.88 Å². The van der Waals surface area contributed by atoms with Crippen LogP contribution in [0.4, 0.5) is 15.9 Å². The number of hydrogen-bond donors (Lipinski definition) is 2. The summed E-state index contributed by atoms with van der Waals surface area (Å²) in [7, 11) is 0. The molecule has 194 valence electrons. The number of amides is 1. The van der Waals surface area contributed by atoms with E-state index in [1.165, 1.54) is 12.1 Å². The van der Waals surface area contributed by atoms with Gasteiger partial charge in [-0.05, 0) is 70.5 Å². The number of nitrogen functional groups attached to an aromatic ring is 1. The zero-order chi connectivity index (χ0) is 26.5. The summed E-state index contributed by atoms with van der Waals surface area (Å²) in [6.07, 6.45) is 2.38. The second-order valence-electron chi connectivity index (χ2n) is 9.89. The van der Waals surface area contributed by atoms with E-state index in [2.05, 4.69) is 34.0 Å². The number of piperidine rings is 1. The molecule has 0 aliphatic carbocycles. The summed E-state index contributed by atoms with van der Waals surface area (Å²) in [5.41, 5.74) is 8.90. The molecule has 10 heteroatoms. The molecule has 0 radical (unpaired) electrons. The highest BCUT2D eigenvalue weighted by molar-refractivity contribution is 6.36. The number of benzene rings is 2. The minimum atomic E-state index is -0.738. The fourth-order valence-electron chi connectivity index (χ4n) is 5.26. The summed E-state index contributed by atoms with van der Waals surface area (Å²) < 4.78 is 19.9. The number of aromatic nitrogens is 2. The average Bonchev–Trinajstić information content (AvgIpc) is 3.13. The average molecular weight is 544 g/mol. The number of anilines is 2. The van der Waals surface area contributed by atoms with Crippen molar-refractivity contribution in [1.82, 2.24) is 14.9 Å². The van der Waals surface area contributed by atoms with Crippen LogP contribution in [0, 0.1) is 5.82 Å². The van der Waals surface area contributed by atoms with Gasteiger partial charge in [-0.2, -0.15) is 0 Å². The van der Waals surface area contributed by atoms with Crippen LogP contribution in [0.25, 0.3) is 11.3 Å². The first kappa shape index (κ1) is 25.7. The number of fused-ring (bicyclic) bond motifs is 2. The molecule has 2 aliphatic rings. The fraction of sp³-hybridized carbons (Fsp3) is 0.370. The lowest BCUT2D eigenvalue weighted by atomic mass is 9.73. The van der Waals surface area contributed by atoms with Gasteiger partial charge in [-0.15, -0.1) is 0 Å². The standard InChI is InChI=1S/C27H28Cl2FN5O2/c1-14(2)35-10-8-27(9-11-35)17-5-4-16(12-20(17)34-26(27)36)21-13-32-24(31)25(33-21)37-15(3)22-18(28)6-7-19(30)23(22)29/h4-7,12-15H,8-11H2,1-3H3,(H2,31,32)(H,34,36)/t15-/m1/s1. The number of nitrogens with one attached hydrogen (secondary N) is 1. The molecule has 7 nitrogen and oxygen atoms in total. The molecule has 3 N–H and O–H groups in total. The van der Waals surface area contributed by atoms with Gasteiger partial charge in [-0.1, -0.05) is 35.3 Å². The Labute approximate surface area is 225 Å². The molecule has 1 aromatic heterocycles. The molecule has 5 rings (SSSR count). The molecule has 1 saturated heterocycles. The van der Waals surface area contributed by atoms with Gasteiger partial charge >= 0.3 is 0 Å². The maximum absolute atomic E-state index is 14.0. The molecule has 1 spiro atoms. The van der Waals surface area contributed by atoms with Gasteiger partial charge in [0, 0.05) is 27.9 Å². The quantitative estimate of drug-likeness (QED) is 0.383. The Kier molecular flexibility index (Phi) is 6.77. The molecule has 1 fully saturated rings. The van der Waals surface area contributed by atoms with Crippen LogP contribution in [-0.2, 0) is 10.2 Å². The second-order valence-corrected chi connectivity index (χ2v) is 10.7. The molecule has 0 unspecified atom stereocenters. The molecule has 37 heavy (non-hydrogen) atoms. The van der Waals surface area contributed by atoms with Crippen molar-refractivity contribution in [3.05, 3.63) is 63.5 Å². The summed E-state index contributed by atoms with van der Waals surface area (Å²) >= 11 is 12.4. The summed E-state index contributed by atoms with van der Waals surface area (Å²) in [6, 6.07) is 8.91. The zero-order valence-electron chi connectivity index (χ0n) is 20.8. The van der Waals surface area contributed by atoms with Gasteiger partial charge in [0.05, 0.1) is 22.3 Å². The highest BCUT2D eigenvalue weighted by Gasteiger charge is 2.48. The monoisotopic (exact) mass is 543 g/mol. The first-order valence-electron chi connectivity index (χ1n) is 12.2. The van der Waals surface area contributed by atoms with E-state index in [-0.39, 0.29) is 27.7 Å². The first-order valence-corrected chi connectivity index (χ1v) is 13.0. The number of nitrogens with two attached hydrogens (primary N) is 1. The van der Waals surface area contributed by atoms with Crippen LogP contribution in [0.3, 0.4) is 0 Å². The van der Waals surface area contributed by atoms with Crippen LogP contribution in [0.2, 0.25) is 10.0 Å². The minimum Gasteiger partial charge on any atom is -0.467 e. The summed E-state index contributed by atoms with van der Waals surface area (Å²) in [5.74, 6) is -0.404. The number of nitrogens with zero attached hydrogens (tertiary/aromatic N) is 3. The van der Waals surface area contributed by atoms with Crippen molar-refractivity contribution >= 4 is 40.6 Å². The predicted molar refractivity (Wildman–Crippen MR) is 144 cm³/mol. The first-order chi connectivity index (χ1) is 17.6. The lowest BCUT2D eigenvalue weighted by Gasteiger charge is -2.39.